The molecule has 0 bridgehead atoms. The van der Waals surface area contributed by atoms with Crippen LogP contribution in [0.4, 0.5) is 0 Å². The third-order valence-corrected chi connectivity index (χ3v) is 3.63. The number of carbonyl (C=O) groups is 1. The van der Waals surface area contributed by atoms with Crippen LogP contribution in [0, 0.1) is 0 Å². The summed E-state index contributed by atoms with van der Waals surface area (Å²) in [6, 6.07) is 1.27. The van der Waals surface area contributed by atoms with Crippen molar-refractivity contribution in [3.05, 3.63) is 22.2 Å². The Morgan fingerprint density at radius 1 is 1.50 bits per heavy atom. The van der Waals surface area contributed by atoms with E-state index in [9.17, 15) is 4.79 Å². The van der Waals surface area contributed by atoms with Crippen molar-refractivity contribution in [2.75, 3.05) is 13.2 Å². The molecular formula is C14H18ClNO4. The lowest BCUT2D eigenvalue weighted by Crippen LogP contribution is -2.20. The zero-order valence-corrected chi connectivity index (χ0v) is 12.1. The van der Waals surface area contributed by atoms with Gasteiger partial charge in [0.05, 0.1) is 0 Å². The number of hydrogen-bond acceptors (Lipinski definition) is 4. The van der Waals surface area contributed by atoms with Crippen LogP contribution in [0.1, 0.15) is 36.9 Å². The van der Waals surface area contributed by atoms with Crippen LogP contribution in [0.15, 0.2) is 6.07 Å². The number of hydrogen-bond donors (Lipinski definition) is 2. The molecule has 0 aliphatic carbocycles. The second kappa shape index (κ2) is 6.33. The second-order valence-electron chi connectivity index (χ2n) is 4.67. The fourth-order valence-corrected chi connectivity index (χ4v) is 2.76. The highest BCUT2D eigenvalue weighted by atomic mass is 35.5. The molecule has 1 aromatic carbocycles. The first kappa shape index (κ1) is 14.9. The van der Waals surface area contributed by atoms with Gasteiger partial charge in [0.1, 0.15) is 13.2 Å². The molecule has 5 nitrogen and oxygen atoms in total. The summed E-state index contributed by atoms with van der Waals surface area (Å²) in [4.78, 5) is 10.7. The molecule has 110 valence electrons. The molecule has 0 radical (unpaired) electrons. The van der Waals surface area contributed by atoms with Crippen LogP contribution >= 0.6 is 11.6 Å². The summed E-state index contributed by atoms with van der Waals surface area (Å²) in [7, 11) is 0. The van der Waals surface area contributed by atoms with Gasteiger partial charge in [0.25, 0.3) is 0 Å². The lowest BCUT2D eigenvalue weighted by Gasteiger charge is -2.25. The third-order valence-electron chi connectivity index (χ3n) is 3.32. The normalized spacial score (nSPS) is 14.9. The Morgan fingerprint density at radius 3 is 2.85 bits per heavy atom. The van der Waals surface area contributed by atoms with Gasteiger partial charge in [-0.05, 0) is 18.4 Å². The van der Waals surface area contributed by atoms with Crippen LogP contribution < -0.4 is 15.2 Å². The number of carboxylic acids is 1. The monoisotopic (exact) mass is 299 g/mol. The quantitative estimate of drug-likeness (QED) is 0.873. The second-order valence-corrected chi connectivity index (χ2v) is 5.07. The minimum absolute atomic E-state index is 0.00902. The molecule has 0 amide bonds. The van der Waals surface area contributed by atoms with Gasteiger partial charge in [0, 0.05) is 29.1 Å². The van der Waals surface area contributed by atoms with Gasteiger partial charge in [-0.1, -0.05) is 18.5 Å². The molecule has 1 atom stereocenters. The molecule has 0 spiro atoms. The van der Waals surface area contributed by atoms with Crippen molar-refractivity contribution in [1.82, 2.24) is 0 Å². The van der Waals surface area contributed by atoms with Crippen LogP contribution in [0.3, 0.4) is 0 Å². The zero-order valence-electron chi connectivity index (χ0n) is 11.3. The molecule has 2 rings (SSSR count). The van der Waals surface area contributed by atoms with Crippen LogP contribution in [0.25, 0.3) is 0 Å². The summed E-state index contributed by atoms with van der Waals surface area (Å²) < 4.78 is 11.2. The molecule has 0 saturated carbocycles. The number of fused-ring (bicyclic) bond motifs is 1. The number of rotatable bonds is 5. The molecule has 20 heavy (non-hydrogen) atoms. The highest BCUT2D eigenvalue weighted by Gasteiger charge is 2.24. The lowest BCUT2D eigenvalue weighted by molar-refractivity contribution is -0.137. The highest BCUT2D eigenvalue weighted by molar-refractivity contribution is 6.31. The minimum atomic E-state index is -0.868. The Labute approximate surface area is 122 Å². The first-order valence-corrected chi connectivity index (χ1v) is 7.00. The SMILES string of the molecule is CCc1c2c(cc(Cl)c1C(N)CCC(=O)O)OCCO2. The standard InChI is InChI=1S/C14H18ClNO4/c1-2-8-13(10(16)3-4-12(17)18)9(15)7-11-14(8)20-6-5-19-11/h7,10H,2-6,16H2,1H3,(H,17,18). The van der Waals surface area contributed by atoms with Crippen molar-refractivity contribution in [3.8, 4) is 11.5 Å². The van der Waals surface area contributed by atoms with Crippen molar-refractivity contribution in [3.63, 3.8) is 0 Å². The fraction of sp³-hybridized carbons (Fsp3) is 0.500. The van der Waals surface area contributed by atoms with Gasteiger partial charge in [-0.3, -0.25) is 4.79 Å². The van der Waals surface area contributed by atoms with E-state index in [0.717, 1.165) is 11.1 Å². The van der Waals surface area contributed by atoms with Gasteiger partial charge in [-0.2, -0.15) is 0 Å². The van der Waals surface area contributed by atoms with E-state index in [1.165, 1.54) is 0 Å². The maximum Gasteiger partial charge on any atom is 0.303 e. The van der Waals surface area contributed by atoms with E-state index in [1.54, 1.807) is 6.07 Å². The van der Waals surface area contributed by atoms with Gasteiger partial charge in [-0.25, -0.2) is 0 Å². The van der Waals surface area contributed by atoms with Crippen molar-refractivity contribution < 1.29 is 19.4 Å². The largest absolute Gasteiger partial charge is 0.486 e. The number of aliphatic carboxylic acids is 1. The molecule has 1 unspecified atom stereocenters. The average molecular weight is 300 g/mol. The summed E-state index contributed by atoms with van der Waals surface area (Å²) in [6.07, 6.45) is 1.04. The molecule has 0 saturated heterocycles. The zero-order chi connectivity index (χ0) is 14.7. The molecule has 1 heterocycles. The number of nitrogens with two attached hydrogens (primary N) is 1. The molecular weight excluding hydrogens is 282 g/mol. The number of carboxylic acid groups (broad SMARTS) is 1. The smallest absolute Gasteiger partial charge is 0.303 e. The van der Waals surface area contributed by atoms with Crippen LogP contribution in [-0.2, 0) is 11.2 Å². The number of halogens is 1. The minimum Gasteiger partial charge on any atom is -0.486 e. The lowest BCUT2D eigenvalue weighted by atomic mass is 9.94. The van der Waals surface area contributed by atoms with Crippen LogP contribution in [-0.4, -0.2) is 24.3 Å². The number of ether oxygens (including phenoxy) is 2. The molecule has 1 aliphatic heterocycles. The van der Waals surface area contributed by atoms with Crippen molar-refractivity contribution in [2.24, 2.45) is 5.73 Å². The van der Waals surface area contributed by atoms with E-state index in [4.69, 9.17) is 31.9 Å². The molecule has 0 fully saturated rings. The Hall–Kier alpha value is -1.46. The fourth-order valence-electron chi connectivity index (χ4n) is 2.41. The first-order chi connectivity index (χ1) is 9.54. The predicted molar refractivity (Wildman–Crippen MR) is 75.6 cm³/mol. The summed E-state index contributed by atoms with van der Waals surface area (Å²) in [5.74, 6) is 0.448. The molecule has 3 N–H and O–H groups in total. The molecule has 1 aliphatic rings. The third kappa shape index (κ3) is 2.99. The molecule has 6 heteroatoms. The van der Waals surface area contributed by atoms with Crippen molar-refractivity contribution in [1.29, 1.82) is 0 Å². The van der Waals surface area contributed by atoms with E-state index in [1.807, 2.05) is 6.92 Å². The van der Waals surface area contributed by atoms with Gasteiger partial charge >= 0.3 is 5.97 Å². The molecule has 1 aromatic rings. The van der Waals surface area contributed by atoms with E-state index < -0.39 is 12.0 Å². The summed E-state index contributed by atoms with van der Waals surface area (Å²) in [5.41, 5.74) is 7.78. The summed E-state index contributed by atoms with van der Waals surface area (Å²) in [6.45, 7) is 2.97. The summed E-state index contributed by atoms with van der Waals surface area (Å²) in [5, 5.41) is 9.27. The van der Waals surface area contributed by atoms with E-state index in [2.05, 4.69) is 0 Å². The van der Waals surface area contributed by atoms with Gasteiger partial charge in [0.15, 0.2) is 11.5 Å². The van der Waals surface area contributed by atoms with E-state index in [0.29, 0.717) is 42.6 Å². The summed E-state index contributed by atoms with van der Waals surface area (Å²) >= 11 is 6.29. The van der Waals surface area contributed by atoms with Crippen molar-refractivity contribution in [2.45, 2.75) is 32.2 Å². The van der Waals surface area contributed by atoms with Crippen LogP contribution in [0.5, 0.6) is 11.5 Å². The Kier molecular flexibility index (Phi) is 4.73. The maximum absolute atomic E-state index is 10.7. The van der Waals surface area contributed by atoms with Crippen molar-refractivity contribution >= 4 is 17.6 Å². The highest BCUT2D eigenvalue weighted by Crippen LogP contribution is 2.42. The van der Waals surface area contributed by atoms with Gasteiger partial charge in [-0.15, -0.1) is 0 Å². The molecule has 0 aromatic heterocycles. The van der Waals surface area contributed by atoms with E-state index >= 15 is 0 Å². The van der Waals surface area contributed by atoms with Gasteiger partial charge < -0.3 is 20.3 Å². The van der Waals surface area contributed by atoms with E-state index in [-0.39, 0.29) is 6.42 Å². The number of benzene rings is 1. The maximum atomic E-state index is 10.7. The van der Waals surface area contributed by atoms with Gasteiger partial charge in [0.2, 0.25) is 0 Å². The average Bonchev–Trinajstić information content (AvgIpc) is 2.43. The van der Waals surface area contributed by atoms with Crippen LogP contribution in [0.2, 0.25) is 5.02 Å². The Bertz CT molecular complexity index is 518. The predicted octanol–water partition coefficient (Wildman–Crippen LogP) is 2.54. The Morgan fingerprint density at radius 2 is 2.20 bits per heavy atom. The topological polar surface area (TPSA) is 81.8 Å². The first-order valence-electron chi connectivity index (χ1n) is 6.62. The Balaban J connectivity index is 2.38.